The van der Waals surface area contributed by atoms with Crippen LogP contribution in [0.2, 0.25) is 0 Å². The first-order chi connectivity index (χ1) is 13.1. The topological polar surface area (TPSA) is 53.3 Å². The Morgan fingerprint density at radius 1 is 1.11 bits per heavy atom. The highest BCUT2D eigenvalue weighted by Crippen LogP contribution is 2.47. The highest BCUT2D eigenvalue weighted by atomic mass is 16.5. The average Bonchev–Trinajstić information content (AvgIpc) is 2.74. The van der Waals surface area contributed by atoms with Crippen LogP contribution < -0.4 is 4.74 Å². The molecule has 1 amide bonds. The van der Waals surface area contributed by atoms with Crippen LogP contribution in [0, 0.1) is 16.7 Å². The molecule has 4 nitrogen and oxygen atoms in total. The van der Waals surface area contributed by atoms with Gasteiger partial charge in [0.15, 0.2) is 0 Å². The number of carbonyl (C=O) groups is 1. The van der Waals surface area contributed by atoms with Crippen LogP contribution in [-0.4, -0.2) is 24.5 Å². The smallest absolute Gasteiger partial charge is 0.248 e. The van der Waals surface area contributed by atoms with Gasteiger partial charge in [-0.15, -0.1) is 0 Å². The van der Waals surface area contributed by atoms with Gasteiger partial charge in [0, 0.05) is 18.2 Å². The molecule has 138 valence electrons. The first-order valence-corrected chi connectivity index (χ1v) is 9.25. The molecule has 0 saturated heterocycles. The Morgan fingerprint density at radius 3 is 2.30 bits per heavy atom. The van der Waals surface area contributed by atoms with E-state index in [-0.39, 0.29) is 11.8 Å². The molecular formula is C23H24N2O2. The summed E-state index contributed by atoms with van der Waals surface area (Å²) in [5.74, 6) is 0.349. The monoisotopic (exact) mass is 360 g/mol. The van der Waals surface area contributed by atoms with Gasteiger partial charge in [0.2, 0.25) is 5.91 Å². The minimum absolute atomic E-state index is 0.128. The molecule has 1 heterocycles. The van der Waals surface area contributed by atoms with Crippen LogP contribution in [0.3, 0.4) is 0 Å². The van der Waals surface area contributed by atoms with E-state index in [9.17, 15) is 10.1 Å². The summed E-state index contributed by atoms with van der Waals surface area (Å²) < 4.78 is 5.25. The summed E-state index contributed by atoms with van der Waals surface area (Å²) >= 11 is 0. The maximum atomic E-state index is 13.5. The number of allylic oxidation sites excluding steroid dienone is 1. The molecule has 0 bridgehead atoms. The third-order valence-electron chi connectivity index (χ3n) is 5.39. The van der Waals surface area contributed by atoms with Crippen LogP contribution in [0.1, 0.15) is 37.3 Å². The van der Waals surface area contributed by atoms with Gasteiger partial charge in [-0.05, 0) is 48.7 Å². The van der Waals surface area contributed by atoms with Crippen molar-refractivity contribution < 1.29 is 9.53 Å². The van der Waals surface area contributed by atoms with Gasteiger partial charge in [-0.25, -0.2) is 0 Å². The predicted molar refractivity (Wildman–Crippen MR) is 106 cm³/mol. The summed E-state index contributed by atoms with van der Waals surface area (Å²) in [5, 5.41) is 10.0. The Labute approximate surface area is 160 Å². The van der Waals surface area contributed by atoms with E-state index in [2.05, 4.69) is 12.1 Å². The van der Waals surface area contributed by atoms with E-state index < -0.39 is 5.41 Å². The second-order valence-corrected chi connectivity index (χ2v) is 6.65. The summed E-state index contributed by atoms with van der Waals surface area (Å²) in [4.78, 5) is 15.2. The molecular weight excluding hydrogens is 336 g/mol. The molecule has 0 aliphatic carbocycles. The van der Waals surface area contributed by atoms with E-state index in [1.54, 1.807) is 12.0 Å². The van der Waals surface area contributed by atoms with E-state index in [1.807, 2.05) is 68.4 Å². The van der Waals surface area contributed by atoms with Gasteiger partial charge < -0.3 is 9.64 Å². The highest BCUT2D eigenvalue weighted by molar-refractivity contribution is 5.96. The lowest BCUT2D eigenvalue weighted by Crippen LogP contribution is -2.48. The lowest BCUT2D eigenvalue weighted by atomic mass is 9.67. The summed E-state index contributed by atoms with van der Waals surface area (Å²) in [6.07, 6.45) is 2.54. The lowest BCUT2D eigenvalue weighted by molar-refractivity contribution is -0.137. The standard InChI is InChI=1S/C23H24N2O2/c1-4-23(16-24)20(17-9-7-6-8-10-17)15-21(25(5-2)22(23)26)18-11-13-19(27-3)14-12-18/h6-15,20H,4-5H2,1-3H3. The zero-order valence-electron chi connectivity index (χ0n) is 16.0. The number of carbonyl (C=O) groups excluding carboxylic acids is 1. The molecule has 27 heavy (non-hydrogen) atoms. The number of hydrogen-bond donors (Lipinski definition) is 0. The third kappa shape index (κ3) is 3.10. The quantitative estimate of drug-likeness (QED) is 0.783. The van der Waals surface area contributed by atoms with Crippen molar-refractivity contribution in [3.05, 3.63) is 71.8 Å². The number of rotatable bonds is 5. The van der Waals surface area contributed by atoms with Crippen LogP contribution >= 0.6 is 0 Å². The van der Waals surface area contributed by atoms with Crippen molar-refractivity contribution in [2.24, 2.45) is 5.41 Å². The van der Waals surface area contributed by atoms with E-state index >= 15 is 0 Å². The SMILES string of the molecule is CCN1C(=O)C(C#N)(CC)C(c2ccccc2)C=C1c1ccc(OC)cc1. The molecule has 0 radical (unpaired) electrons. The lowest BCUT2D eigenvalue weighted by Gasteiger charge is -2.42. The number of amides is 1. The number of methoxy groups -OCH3 is 1. The van der Waals surface area contributed by atoms with Crippen LogP contribution in [-0.2, 0) is 4.79 Å². The van der Waals surface area contributed by atoms with E-state index in [1.165, 1.54) is 0 Å². The third-order valence-corrected chi connectivity index (χ3v) is 5.39. The molecule has 4 heteroatoms. The fourth-order valence-electron chi connectivity index (χ4n) is 3.81. The summed E-state index contributed by atoms with van der Waals surface area (Å²) in [7, 11) is 1.63. The summed E-state index contributed by atoms with van der Waals surface area (Å²) in [6.45, 7) is 4.37. The largest absolute Gasteiger partial charge is 0.497 e. The van der Waals surface area contributed by atoms with Gasteiger partial charge in [-0.3, -0.25) is 4.79 Å². The first-order valence-electron chi connectivity index (χ1n) is 9.25. The first kappa shape index (κ1) is 18.7. The Hall–Kier alpha value is -3.06. The molecule has 2 aromatic rings. The second-order valence-electron chi connectivity index (χ2n) is 6.65. The molecule has 0 spiro atoms. The predicted octanol–water partition coefficient (Wildman–Crippen LogP) is 4.60. The number of hydrogen-bond acceptors (Lipinski definition) is 3. The van der Waals surface area contributed by atoms with Gasteiger partial charge in [0.1, 0.15) is 11.2 Å². The number of nitriles is 1. The fourth-order valence-corrected chi connectivity index (χ4v) is 3.81. The van der Waals surface area contributed by atoms with Gasteiger partial charge in [-0.1, -0.05) is 43.3 Å². The minimum atomic E-state index is -1.09. The van der Waals surface area contributed by atoms with Crippen molar-refractivity contribution in [3.63, 3.8) is 0 Å². The van der Waals surface area contributed by atoms with E-state index in [0.717, 1.165) is 22.6 Å². The Kier molecular flexibility index (Phi) is 5.32. The van der Waals surface area contributed by atoms with Crippen molar-refractivity contribution in [2.45, 2.75) is 26.2 Å². The van der Waals surface area contributed by atoms with Crippen LogP contribution in [0.25, 0.3) is 5.70 Å². The molecule has 3 rings (SSSR count). The van der Waals surface area contributed by atoms with Gasteiger partial charge in [-0.2, -0.15) is 5.26 Å². The second kappa shape index (κ2) is 7.67. The highest BCUT2D eigenvalue weighted by Gasteiger charge is 2.50. The number of ether oxygens (including phenoxy) is 1. The molecule has 2 atom stereocenters. The van der Waals surface area contributed by atoms with Crippen molar-refractivity contribution in [1.29, 1.82) is 5.26 Å². The summed E-state index contributed by atoms with van der Waals surface area (Å²) in [5.41, 5.74) is 1.68. The zero-order valence-corrected chi connectivity index (χ0v) is 16.0. The number of nitrogens with zero attached hydrogens (tertiary/aromatic N) is 2. The molecule has 2 unspecified atom stereocenters. The number of benzene rings is 2. The maximum Gasteiger partial charge on any atom is 0.248 e. The molecule has 2 aromatic carbocycles. The van der Waals surface area contributed by atoms with Crippen molar-refractivity contribution in [2.75, 3.05) is 13.7 Å². The maximum absolute atomic E-state index is 13.5. The normalized spacial score (nSPS) is 22.1. The van der Waals surface area contributed by atoms with Crippen LogP contribution in [0.15, 0.2) is 60.7 Å². The molecule has 0 N–H and O–H groups in total. The molecule has 0 fully saturated rings. The van der Waals surface area contributed by atoms with Crippen LogP contribution in [0.5, 0.6) is 5.75 Å². The van der Waals surface area contributed by atoms with Crippen molar-refractivity contribution in [1.82, 2.24) is 4.90 Å². The molecule has 1 aliphatic heterocycles. The molecule has 0 saturated carbocycles. The van der Waals surface area contributed by atoms with Crippen LogP contribution in [0.4, 0.5) is 0 Å². The van der Waals surface area contributed by atoms with Crippen molar-refractivity contribution >= 4 is 11.6 Å². The molecule has 0 aromatic heterocycles. The van der Waals surface area contributed by atoms with Crippen molar-refractivity contribution in [3.8, 4) is 11.8 Å². The summed E-state index contributed by atoms with van der Waals surface area (Å²) in [6, 6.07) is 19.9. The van der Waals surface area contributed by atoms with E-state index in [0.29, 0.717) is 13.0 Å². The minimum Gasteiger partial charge on any atom is -0.497 e. The van der Waals surface area contributed by atoms with Gasteiger partial charge in [0.05, 0.1) is 13.2 Å². The molecule has 1 aliphatic rings. The average molecular weight is 360 g/mol. The van der Waals surface area contributed by atoms with Gasteiger partial charge >= 0.3 is 0 Å². The van der Waals surface area contributed by atoms with E-state index in [4.69, 9.17) is 4.74 Å². The van der Waals surface area contributed by atoms with Gasteiger partial charge in [0.25, 0.3) is 0 Å². The zero-order chi connectivity index (χ0) is 19.4. The Bertz CT molecular complexity index is 881. The Balaban J connectivity index is 2.20. The fraction of sp³-hybridized carbons (Fsp3) is 0.304. The Morgan fingerprint density at radius 2 is 1.78 bits per heavy atom.